The molecule has 0 aliphatic rings. The number of nitrogens with one attached hydrogen (secondary N) is 1. The van der Waals surface area contributed by atoms with Crippen LogP contribution in [0.3, 0.4) is 0 Å². The Labute approximate surface area is 113 Å². The van der Waals surface area contributed by atoms with Crippen LogP contribution >= 0.6 is 0 Å². The number of carboxylic acids is 1. The molecule has 0 aliphatic carbocycles. The highest BCUT2D eigenvalue weighted by molar-refractivity contribution is 5.73. The summed E-state index contributed by atoms with van der Waals surface area (Å²) in [7, 11) is 0. The second-order valence-corrected chi connectivity index (χ2v) is 4.75. The number of rotatable bonds is 5. The molecule has 2 N–H and O–H groups in total. The molecule has 1 atom stereocenters. The number of aliphatic carboxylic acids is 1. The van der Waals surface area contributed by atoms with E-state index in [9.17, 15) is 22.4 Å². The highest BCUT2D eigenvalue weighted by atomic mass is 19.4. The Morgan fingerprint density at radius 3 is 2.40 bits per heavy atom. The van der Waals surface area contributed by atoms with Crippen molar-refractivity contribution < 1.29 is 27.5 Å². The van der Waals surface area contributed by atoms with Crippen molar-refractivity contribution in [2.45, 2.75) is 32.6 Å². The van der Waals surface area contributed by atoms with E-state index in [4.69, 9.17) is 5.11 Å². The lowest BCUT2D eigenvalue weighted by atomic mass is 10.0. The van der Waals surface area contributed by atoms with E-state index in [0.717, 1.165) is 6.07 Å². The van der Waals surface area contributed by atoms with Crippen molar-refractivity contribution >= 4 is 5.97 Å². The van der Waals surface area contributed by atoms with Crippen molar-refractivity contribution in [3.05, 3.63) is 35.1 Å². The molecule has 20 heavy (non-hydrogen) atoms. The van der Waals surface area contributed by atoms with Crippen molar-refractivity contribution in [3.63, 3.8) is 0 Å². The number of carbonyl (C=O) groups is 1. The van der Waals surface area contributed by atoms with Crippen LogP contribution < -0.4 is 5.32 Å². The van der Waals surface area contributed by atoms with E-state index < -0.39 is 29.6 Å². The largest absolute Gasteiger partial charge is 0.480 e. The molecule has 112 valence electrons. The smallest absolute Gasteiger partial charge is 0.419 e. The fourth-order valence-electron chi connectivity index (χ4n) is 1.74. The maximum atomic E-state index is 13.1. The van der Waals surface area contributed by atoms with Crippen LogP contribution in [-0.4, -0.2) is 17.1 Å². The summed E-state index contributed by atoms with van der Waals surface area (Å²) >= 11 is 0. The van der Waals surface area contributed by atoms with Gasteiger partial charge < -0.3 is 10.4 Å². The van der Waals surface area contributed by atoms with Crippen LogP contribution in [0.1, 0.15) is 25.0 Å². The summed E-state index contributed by atoms with van der Waals surface area (Å²) in [5.41, 5.74) is -1.18. The number of carboxylic acid groups (broad SMARTS) is 1. The van der Waals surface area contributed by atoms with Gasteiger partial charge in [-0.05, 0) is 23.6 Å². The monoisotopic (exact) mass is 293 g/mol. The van der Waals surface area contributed by atoms with Gasteiger partial charge in [0.2, 0.25) is 0 Å². The highest BCUT2D eigenvalue weighted by Gasteiger charge is 2.34. The van der Waals surface area contributed by atoms with Crippen LogP contribution in [0.4, 0.5) is 17.6 Å². The first-order valence-corrected chi connectivity index (χ1v) is 5.94. The van der Waals surface area contributed by atoms with Crippen molar-refractivity contribution in [2.75, 3.05) is 0 Å². The Bertz CT molecular complexity index is 486. The van der Waals surface area contributed by atoms with Gasteiger partial charge in [-0.25, -0.2) is 4.39 Å². The Kier molecular flexibility index (Phi) is 5.10. The lowest BCUT2D eigenvalue weighted by Gasteiger charge is -2.18. The minimum absolute atomic E-state index is 0.0848. The van der Waals surface area contributed by atoms with E-state index in [1.54, 1.807) is 13.8 Å². The maximum Gasteiger partial charge on any atom is 0.419 e. The van der Waals surface area contributed by atoms with Crippen LogP contribution in [0.25, 0.3) is 0 Å². The van der Waals surface area contributed by atoms with Crippen LogP contribution in [0, 0.1) is 11.7 Å². The van der Waals surface area contributed by atoms with E-state index in [-0.39, 0.29) is 18.0 Å². The molecule has 0 saturated heterocycles. The van der Waals surface area contributed by atoms with Gasteiger partial charge in [0.1, 0.15) is 11.9 Å². The second-order valence-electron chi connectivity index (χ2n) is 4.75. The predicted molar refractivity (Wildman–Crippen MR) is 64.5 cm³/mol. The quantitative estimate of drug-likeness (QED) is 0.820. The summed E-state index contributed by atoms with van der Waals surface area (Å²) < 4.78 is 50.7. The molecule has 0 spiro atoms. The number of halogens is 4. The third-order valence-corrected chi connectivity index (χ3v) is 2.79. The molecule has 0 fully saturated rings. The molecule has 0 amide bonds. The van der Waals surface area contributed by atoms with Crippen molar-refractivity contribution in [1.82, 2.24) is 5.32 Å². The number of alkyl halides is 3. The Morgan fingerprint density at radius 1 is 1.35 bits per heavy atom. The van der Waals surface area contributed by atoms with Gasteiger partial charge in [-0.1, -0.05) is 19.9 Å². The Balaban J connectivity index is 2.87. The fraction of sp³-hybridized carbons (Fsp3) is 0.462. The molecule has 1 aromatic carbocycles. The van der Waals surface area contributed by atoms with Gasteiger partial charge in [0.25, 0.3) is 0 Å². The molecule has 0 aromatic heterocycles. The molecule has 0 bridgehead atoms. The van der Waals surface area contributed by atoms with Gasteiger partial charge in [0.05, 0.1) is 5.56 Å². The van der Waals surface area contributed by atoms with Gasteiger partial charge in [-0.3, -0.25) is 4.79 Å². The normalized spacial score (nSPS) is 13.6. The minimum atomic E-state index is -4.77. The lowest BCUT2D eigenvalue weighted by Crippen LogP contribution is -2.40. The molecule has 1 rings (SSSR count). The number of hydrogen-bond donors (Lipinski definition) is 2. The van der Waals surface area contributed by atoms with Gasteiger partial charge in [0.15, 0.2) is 0 Å². The van der Waals surface area contributed by atoms with Crippen molar-refractivity contribution in [2.24, 2.45) is 5.92 Å². The summed E-state index contributed by atoms with van der Waals surface area (Å²) in [6.45, 7) is 3.27. The van der Waals surface area contributed by atoms with Crippen molar-refractivity contribution in [3.8, 4) is 0 Å². The average molecular weight is 293 g/mol. The topological polar surface area (TPSA) is 49.3 Å². The maximum absolute atomic E-state index is 13.1. The first kappa shape index (κ1) is 16.4. The van der Waals surface area contributed by atoms with E-state index >= 15 is 0 Å². The van der Waals surface area contributed by atoms with E-state index in [1.165, 1.54) is 6.07 Å². The van der Waals surface area contributed by atoms with Crippen LogP contribution in [0.2, 0.25) is 0 Å². The molecule has 0 radical (unpaired) electrons. The molecular weight excluding hydrogens is 278 g/mol. The summed E-state index contributed by atoms with van der Waals surface area (Å²) in [6.07, 6.45) is -4.77. The van der Waals surface area contributed by atoms with E-state index in [2.05, 4.69) is 5.32 Å². The zero-order chi connectivity index (χ0) is 15.5. The molecule has 3 nitrogen and oxygen atoms in total. The van der Waals surface area contributed by atoms with E-state index in [0.29, 0.717) is 6.07 Å². The highest BCUT2D eigenvalue weighted by Crippen LogP contribution is 2.31. The summed E-state index contributed by atoms with van der Waals surface area (Å²) in [6, 6.07) is 1.72. The standard InChI is InChI=1S/C13H15F4NO2/c1-7(2)11(12(19)20)18-6-8-3-4-10(14)9(5-8)13(15,16)17/h3-5,7,11,18H,6H2,1-2H3,(H,19,20)/t11-/m1/s1. The molecular formula is C13H15F4NO2. The third-order valence-electron chi connectivity index (χ3n) is 2.79. The molecule has 0 unspecified atom stereocenters. The molecule has 0 aliphatic heterocycles. The first-order chi connectivity index (χ1) is 9.12. The SMILES string of the molecule is CC(C)[C@@H](NCc1ccc(F)c(C(F)(F)F)c1)C(=O)O. The number of benzene rings is 1. The average Bonchev–Trinajstić information content (AvgIpc) is 2.28. The Hall–Kier alpha value is -1.63. The van der Waals surface area contributed by atoms with Crippen LogP contribution in [0.5, 0.6) is 0 Å². The summed E-state index contributed by atoms with van der Waals surface area (Å²) in [4.78, 5) is 10.9. The third kappa shape index (κ3) is 4.19. The predicted octanol–water partition coefficient (Wildman–Crippen LogP) is 3.04. The molecule has 0 heterocycles. The van der Waals surface area contributed by atoms with Gasteiger partial charge in [0, 0.05) is 6.54 Å². The van der Waals surface area contributed by atoms with E-state index in [1.807, 2.05) is 0 Å². The molecule has 1 aromatic rings. The van der Waals surface area contributed by atoms with Gasteiger partial charge in [-0.15, -0.1) is 0 Å². The minimum Gasteiger partial charge on any atom is -0.480 e. The zero-order valence-corrected chi connectivity index (χ0v) is 11.0. The van der Waals surface area contributed by atoms with Crippen LogP contribution in [0.15, 0.2) is 18.2 Å². The number of hydrogen-bond acceptors (Lipinski definition) is 2. The summed E-state index contributed by atoms with van der Waals surface area (Å²) in [5, 5.41) is 11.6. The zero-order valence-electron chi connectivity index (χ0n) is 11.0. The molecule has 7 heteroatoms. The van der Waals surface area contributed by atoms with Crippen molar-refractivity contribution in [1.29, 1.82) is 0 Å². The lowest BCUT2D eigenvalue weighted by molar-refractivity contribution is -0.141. The van der Waals surface area contributed by atoms with Gasteiger partial charge in [-0.2, -0.15) is 13.2 Å². The second kappa shape index (κ2) is 6.21. The summed E-state index contributed by atoms with van der Waals surface area (Å²) in [5.74, 6) is -2.66. The van der Waals surface area contributed by atoms with Gasteiger partial charge >= 0.3 is 12.1 Å². The first-order valence-electron chi connectivity index (χ1n) is 5.94. The fourth-order valence-corrected chi connectivity index (χ4v) is 1.74. The molecule has 0 saturated carbocycles. The Morgan fingerprint density at radius 2 is 1.95 bits per heavy atom. The van der Waals surface area contributed by atoms with Crippen LogP contribution in [-0.2, 0) is 17.5 Å².